The van der Waals surface area contributed by atoms with Crippen LogP contribution in [-0.4, -0.2) is 202 Å². The summed E-state index contributed by atoms with van der Waals surface area (Å²) >= 11 is 7.82. The average molecular weight is 1240 g/mol. The summed E-state index contributed by atoms with van der Waals surface area (Å²) < 4.78 is 109. The number of amides is 1. The summed E-state index contributed by atoms with van der Waals surface area (Å²) in [5, 5.41) is 3.72. The number of thioether (sulfide) groups is 1. The van der Waals surface area contributed by atoms with Crippen LogP contribution in [0.5, 0.6) is 0 Å². The number of morpholine rings is 1. The zero-order chi connectivity index (χ0) is 59.5. The number of ether oxygens (including phenoxy) is 2. The number of esters is 1. The number of benzene rings is 4. The topological polar surface area (TPSA) is 164 Å². The van der Waals surface area contributed by atoms with Gasteiger partial charge < -0.3 is 29.5 Å². The molecular weight excluding hydrogens is 1160 g/mol. The Morgan fingerprint density at radius 3 is 2.13 bits per heavy atom. The SMILES string of the molecule is CCOC(=O)CN1CCC(CN2CCN(CC3(C)CCC(c4ccc(Cl)cc4)=C(CN4CCN(c5ccc(C(=O)NS(=O)(=O)c6ccc(N[C@H](CCN7CCOCC7)CSc7ccccc7)c(S(=O)(=O)C(F)(F)F)c6)cc5)CC4)C3)CC2)CC1. The number of sulfonamides is 1. The second-order valence-corrected chi connectivity index (χ2v) is 28.4. The Bertz CT molecular complexity index is 3100. The Hall–Kier alpha value is -4.75. The van der Waals surface area contributed by atoms with E-state index in [0.29, 0.717) is 88.3 Å². The Labute approximate surface area is 503 Å². The van der Waals surface area contributed by atoms with Crippen LogP contribution in [0.4, 0.5) is 24.5 Å². The Morgan fingerprint density at radius 1 is 0.798 bits per heavy atom. The Kier molecular flexibility index (Phi) is 21.9. The molecule has 23 heteroatoms. The van der Waals surface area contributed by atoms with Crippen LogP contribution < -0.4 is 14.9 Å². The van der Waals surface area contributed by atoms with Gasteiger partial charge >= 0.3 is 11.5 Å². The molecule has 0 spiro atoms. The third-order valence-electron chi connectivity index (χ3n) is 17.0. The molecule has 1 amide bonds. The maximum Gasteiger partial charge on any atom is 0.501 e. The molecule has 4 aromatic rings. The number of allylic oxidation sites excluding steroid dienone is 1. The summed E-state index contributed by atoms with van der Waals surface area (Å²) in [7, 11) is -11.0. The van der Waals surface area contributed by atoms with Crippen molar-refractivity contribution in [2.45, 2.75) is 78.6 Å². The first-order valence-corrected chi connectivity index (χ1v) is 33.7. The standard InChI is InChI=1S/C61H80ClF3N8O8S3/c1-3-81-58(74)43-69-24-20-46(21-25-69)41-70-27-29-72(30-28-70)45-60(2)23-19-55(47-9-13-50(62)14-10-47)49(40-60)42-71-31-33-73(34-32-71)52-15-11-48(12-16-52)59(75)67-84(78,79)54-17-18-56(57(39-54)83(76,77)61(63,64)65)66-51(22-26-68-35-37-80-38-36-68)44-82-53-7-5-4-6-8-53/h4-18,39,46,51,66H,3,19-38,40-45H2,1-2H3,(H,67,75)/t51-,60?/m1/s1. The summed E-state index contributed by atoms with van der Waals surface area (Å²) in [5.74, 6) is -0.153. The number of piperazine rings is 2. The molecule has 1 unspecified atom stereocenters. The molecule has 458 valence electrons. The average Bonchev–Trinajstić information content (AvgIpc) is 2.01. The number of anilines is 2. The number of nitrogens with one attached hydrogen (secondary N) is 2. The van der Waals surface area contributed by atoms with Crippen LogP contribution in [0, 0.1) is 11.3 Å². The molecule has 4 aliphatic heterocycles. The van der Waals surface area contributed by atoms with Crippen LogP contribution in [0.15, 0.2) is 117 Å². The quantitative estimate of drug-likeness (QED) is 0.0535. The molecule has 84 heavy (non-hydrogen) atoms. The summed E-state index contributed by atoms with van der Waals surface area (Å²) in [5.41, 5.74) is -1.14. The van der Waals surface area contributed by atoms with E-state index >= 15 is 0 Å². The van der Waals surface area contributed by atoms with Crippen LogP contribution in [0.2, 0.25) is 5.02 Å². The van der Waals surface area contributed by atoms with E-state index in [0.717, 1.165) is 127 Å². The minimum absolute atomic E-state index is 0.00800. The van der Waals surface area contributed by atoms with Crippen molar-refractivity contribution in [3.63, 3.8) is 0 Å². The molecule has 4 heterocycles. The van der Waals surface area contributed by atoms with Gasteiger partial charge in [0, 0.05) is 125 Å². The number of piperidine rings is 1. The maximum atomic E-state index is 14.3. The number of hydrogen-bond donors (Lipinski definition) is 2. The Balaban J connectivity index is 0.796. The molecule has 4 fully saturated rings. The largest absolute Gasteiger partial charge is 0.501 e. The van der Waals surface area contributed by atoms with Crippen LogP contribution >= 0.6 is 23.4 Å². The van der Waals surface area contributed by atoms with E-state index in [1.54, 1.807) is 12.1 Å². The molecule has 0 radical (unpaired) electrons. The van der Waals surface area contributed by atoms with E-state index in [1.165, 1.54) is 40.6 Å². The predicted octanol–water partition coefficient (Wildman–Crippen LogP) is 8.71. The van der Waals surface area contributed by atoms with Gasteiger partial charge in [0.05, 0.1) is 36.9 Å². The molecule has 2 atom stereocenters. The molecule has 0 bridgehead atoms. The lowest BCUT2D eigenvalue weighted by atomic mass is 9.71. The van der Waals surface area contributed by atoms with E-state index in [4.69, 9.17) is 21.1 Å². The monoisotopic (exact) mass is 1240 g/mol. The molecule has 0 saturated carbocycles. The van der Waals surface area contributed by atoms with Crippen molar-refractivity contribution in [1.82, 2.24) is 29.2 Å². The molecule has 9 rings (SSSR count). The molecule has 4 saturated heterocycles. The number of rotatable bonds is 23. The number of carbonyl (C=O) groups excluding carboxylic acids is 2. The number of alkyl halides is 3. The number of nitrogens with zero attached hydrogens (tertiary/aromatic N) is 6. The highest BCUT2D eigenvalue weighted by Gasteiger charge is 2.49. The first kappa shape index (κ1) is 63.7. The van der Waals surface area contributed by atoms with Gasteiger partial charge in [-0.15, -0.1) is 11.8 Å². The summed E-state index contributed by atoms with van der Waals surface area (Å²) in [6.45, 7) is 20.2. The maximum absolute atomic E-state index is 14.3. The fourth-order valence-electron chi connectivity index (χ4n) is 12.3. The highest BCUT2D eigenvalue weighted by molar-refractivity contribution is 7.99. The van der Waals surface area contributed by atoms with Crippen molar-refractivity contribution in [3.8, 4) is 0 Å². The molecule has 16 nitrogen and oxygen atoms in total. The van der Waals surface area contributed by atoms with E-state index in [9.17, 15) is 39.6 Å². The van der Waals surface area contributed by atoms with E-state index < -0.39 is 52.8 Å². The lowest BCUT2D eigenvalue weighted by Gasteiger charge is -2.45. The first-order valence-electron chi connectivity index (χ1n) is 29.4. The van der Waals surface area contributed by atoms with Crippen molar-refractivity contribution < 1.29 is 49.1 Å². The van der Waals surface area contributed by atoms with Crippen molar-refractivity contribution in [2.75, 3.05) is 147 Å². The third-order valence-corrected chi connectivity index (χ3v) is 21.3. The molecule has 1 aliphatic carbocycles. The van der Waals surface area contributed by atoms with E-state index in [-0.39, 0.29) is 16.9 Å². The van der Waals surface area contributed by atoms with Crippen molar-refractivity contribution in [3.05, 3.63) is 119 Å². The van der Waals surface area contributed by atoms with Crippen LogP contribution in [0.25, 0.3) is 5.57 Å². The molecular formula is C61H80ClF3N8O8S3. The van der Waals surface area contributed by atoms with Gasteiger partial charge in [0.2, 0.25) is 0 Å². The molecule has 5 aliphatic rings. The van der Waals surface area contributed by atoms with Crippen molar-refractivity contribution in [1.29, 1.82) is 0 Å². The van der Waals surface area contributed by atoms with Gasteiger partial charge in [0.15, 0.2) is 0 Å². The van der Waals surface area contributed by atoms with Gasteiger partial charge in [0.25, 0.3) is 25.8 Å². The third kappa shape index (κ3) is 17.3. The summed E-state index contributed by atoms with van der Waals surface area (Å²) in [6, 6.07) is 26.0. The highest BCUT2D eigenvalue weighted by atomic mass is 35.5. The van der Waals surface area contributed by atoms with Gasteiger partial charge in [-0.05, 0) is 148 Å². The van der Waals surface area contributed by atoms with E-state index in [2.05, 4.69) is 53.8 Å². The van der Waals surface area contributed by atoms with Crippen LogP contribution in [0.3, 0.4) is 0 Å². The Morgan fingerprint density at radius 2 is 1.46 bits per heavy atom. The number of halogens is 4. The predicted molar refractivity (Wildman–Crippen MR) is 325 cm³/mol. The second kappa shape index (κ2) is 28.8. The molecule has 0 aromatic heterocycles. The van der Waals surface area contributed by atoms with Crippen molar-refractivity contribution in [2.24, 2.45) is 11.3 Å². The minimum Gasteiger partial charge on any atom is -0.465 e. The number of carbonyl (C=O) groups is 2. The van der Waals surface area contributed by atoms with Gasteiger partial charge in [-0.2, -0.15) is 13.2 Å². The lowest BCUT2D eigenvalue weighted by molar-refractivity contribution is -0.144. The molecule has 2 N–H and O–H groups in total. The van der Waals surface area contributed by atoms with Gasteiger partial charge in [-0.3, -0.25) is 24.3 Å². The fourth-order valence-corrected chi connectivity index (χ4v) is 15.4. The van der Waals surface area contributed by atoms with Crippen LogP contribution in [0.1, 0.15) is 68.3 Å². The minimum atomic E-state index is -6.08. The van der Waals surface area contributed by atoms with Gasteiger partial charge in [0.1, 0.15) is 4.90 Å². The number of sulfone groups is 1. The van der Waals surface area contributed by atoms with Gasteiger partial charge in [-0.25, -0.2) is 21.6 Å². The molecule has 4 aromatic carbocycles. The smallest absolute Gasteiger partial charge is 0.465 e. The summed E-state index contributed by atoms with van der Waals surface area (Å²) in [4.78, 5) is 38.8. The number of likely N-dealkylation sites (tertiary alicyclic amines) is 1. The normalized spacial score (nSPS) is 21.1. The highest BCUT2D eigenvalue weighted by Crippen LogP contribution is 2.44. The fraction of sp³-hybridized carbons (Fsp3) is 0.541. The zero-order valence-electron chi connectivity index (χ0n) is 48.2. The van der Waals surface area contributed by atoms with Crippen LogP contribution in [-0.2, 0) is 34.1 Å². The first-order chi connectivity index (χ1) is 40.2. The van der Waals surface area contributed by atoms with E-state index in [1.807, 2.05) is 54.1 Å². The van der Waals surface area contributed by atoms with Crippen molar-refractivity contribution >= 4 is 72.0 Å². The second-order valence-electron chi connectivity index (χ2n) is 23.2. The lowest BCUT2D eigenvalue weighted by Crippen LogP contribution is -2.51. The number of hydrogen-bond acceptors (Lipinski definition) is 16. The zero-order valence-corrected chi connectivity index (χ0v) is 51.4. The summed E-state index contributed by atoms with van der Waals surface area (Å²) in [6.07, 6.45) is 5.73. The van der Waals surface area contributed by atoms with Gasteiger partial charge in [-0.1, -0.05) is 54.4 Å².